The molecule has 31 heavy (non-hydrogen) atoms. The molecule has 5 nitrogen and oxygen atoms in total. The summed E-state index contributed by atoms with van der Waals surface area (Å²) in [6.07, 6.45) is 3.33. The number of hydrogen-bond donors (Lipinski definition) is 0. The Balaban J connectivity index is 0.00000132. The predicted molar refractivity (Wildman–Crippen MR) is 129 cm³/mol. The lowest BCUT2D eigenvalue weighted by Gasteiger charge is -2.40. The van der Waals surface area contributed by atoms with Gasteiger partial charge in [0.2, 0.25) is 11.8 Å². The van der Waals surface area contributed by atoms with Crippen molar-refractivity contribution in [3.05, 3.63) is 35.4 Å². The lowest BCUT2D eigenvalue weighted by atomic mass is 9.77. The molecule has 0 bridgehead atoms. The van der Waals surface area contributed by atoms with Gasteiger partial charge < -0.3 is 4.90 Å². The molecule has 0 saturated heterocycles. The van der Waals surface area contributed by atoms with Crippen molar-refractivity contribution in [3.8, 4) is 0 Å². The van der Waals surface area contributed by atoms with E-state index in [1.165, 1.54) is 5.57 Å². The topological polar surface area (TPSA) is 45.6 Å². The molecule has 2 heterocycles. The summed E-state index contributed by atoms with van der Waals surface area (Å²) >= 11 is 0. The normalized spacial score (nSPS) is 19.9. The number of benzene rings is 1. The lowest BCUT2D eigenvalue weighted by Crippen LogP contribution is -2.48. The molecule has 6 heteroatoms. The lowest BCUT2D eigenvalue weighted by molar-refractivity contribution is -0.134. The number of hydrogen-bond acceptors (Lipinski definition) is 3. The first kappa shape index (κ1) is 23.3. The van der Waals surface area contributed by atoms with Crippen LogP contribution in [-0.2, 0) is 11.2 Å². The van der Waals surface area contributed by atoms with Crippen LogP contribution in [0.3, 0.4) is 0 Å². The monoisotopic (exact) mass is 419 g/mol. The van der Waals surface area contributed by atoms with Crippen LogP contribution >= 0.6 is 0 Å². The van der Waals surface area contributed by atoms with Crippen molar-refractivity contribution in [2.75, 3.05) is 26.7 Å². The summed E-state index contributed by atoms with van der Waals surface area (Å²) in [6.45, 7) is 12.0. The number of amides is 1. The Morgan fingerprint density at radius 2 is 1.84 bits per heavy atom. The maximum atomic E-state index is 13.0. The minimum absolute atomic E-state index is 0.0118. The molecule has 164 valence electrons. The van der Waals surface area contributed by atoms with Crippen LogP contribution in [0.15, 0.2) is 24.3 Å². The third-order valence-electron chi connectivity index (χ3n) is 6.54. The SMILES string of the molecule is CC.[B]c1c2c3c(cccc3n1C(=O)CC)C1=CC(C(=O)N(CC)CC)CN(C)C1C2. The van der Waals surface area contributed by atoms with Crippen LogP contribution in [0.4, 0.5) is 0 Å². The summed E-state index contributed by atoms with van der Waals surface area (Å²) < 4.78 is 1.67. The molecule has 0 N–H and O–H groups in total. The highest BCUT2D eigenvalue weighted by Crippen LogP contribution is 2.41. The van der Waals surface area contributed by atoms with Gasteiger partial charge in [-0.05, 0) is 55.7 Å². The molecule has 1 aromatic heterocycles. The molecular weight excluding hydrogens is 385 g/mol. The fourth-order valence-electron chi connectivity index (χ4n) is 5.01. The molecule has 0 fully saturated rings. The molecule has 1 amide bonds. The van der Waals surface area contributed by atoms with Crippen LogP contribution < -0.4 is 5.59 Å². The van der Waals surface area contributed by atoms with Gasteiger partial charge in [0.1, 0.15) is 7.85 Å². The first-order valence-electron chi connectivity index (χ1n) is 11.6. The van der Waals surface area contributed by atoms with Gasteiger partial charge in [-0.25, -0.2) is 0 Å². The van der Waals surface area contributed by atoms with Crippen LogP contribution in [0.5, 0.6) is 0 Å². The Morgan fingerprint density at radius 3 is 2.45 bits per heavy atom. The second kappa shape index (κ2) is 9.43. The van der Waals surface area contributed by atoms with E-state index in [0.29, 0.717) is 18.6 Å². The molecule has 2 unspecified atom stereocenters. The molecule has 1 aliphatic heterocycles. The molecule has 1 aromatic carbocycles. The quantitative estimate of drug-likeness (QED) is 0.715. The van der Waals surface area contributed by atoms with E-state index in [1.807, 2.05) is 51.7 Å². The number of rotatable bonds is 4. The maximum Gasteiger partial charge on any atom is 0.230 e. The van der Waals surface area contributed by atoms with Gasteiger partial charge >= 0.3 is 0 Å². The van der Waals surface area contributed by atoms with Gasteiger partial charge in [-0.1, -0.05) is 39.0 Å². The zero-order valence-electron chi connectivity index (χ0n) is 19.7. The smallest absolute Gasteiger partial charge is 0.230 e. The highest BCUT2D eigenvalue weighted by Gasteiger charge is 2.37. The van der Waals surface area contributed by atoms with Gasteiger partial charge in [0, 0.05) is 37.5 Å². The number of likely N-dealkylation sites (N-methyl/N-ethyl adjacent to an activating group) is 1. The maximum absolute atomic E-state index is 13.0. The van der Waals surface area contributed by atoms with Crippen LogP contribution in [0.2, 0.25) is 0 Å². The summed E-state index contributed by atoms with van der Waals surface area (Å²) in [5, 5.41) is 1.07. The first-order chi connectivity index (χ1) is 14.9. The molecular formula is C25H34BN3O2. The molecule has 2 aromatic rings. The molecule has 0 saturated carbocycles. The number of fused-ring (bicyclic) bond motifs is 2. The molecule has 2 atom stereocenters. The van der Waals surface area contributed by atoms with E-state index in [4.69, 9.17) is 7.85 Å². The standard InChI is InChI=1S/C23H28BN3O2.C2H6/c1-5-20(28)27-18-10-8-9-15-16-11-14(23(29)26(6-2)7-3)13-25(4)19(16)12-17(21(15)18)22(27)24;1-2/h8-11,14,19H,5-7,12-13H2,1-4H3;1-2H3. The van der Waals surface area contributed by atoms with Crippen LogP contribution in [0.1, 0.15) is 57.0 Å². The van der Waals surface area contributed by atoms with Crippen molar-refractivity contribution in [3.63, 3.8) is 0 Å². The third kappa shape index (κ3) is 3.75. The van der Waals surface area contributed by atoms with Crippen LogP contribution in [-0.4, -0.2) is 66.8 Å². The minimum Gasteiger partial charge on any atom is -0.343 e. The molecule has 0 spiro atoms. The van der Waals surface area contributed by atoms with E-state index in [0.717, 1.165) is 41.5 Å². The minimum atomic E-state index is -0.153. The van der Waals surface area contributed by atoms with Crippen molar-refractivity contribution < 1.29 is 9.59 Å². The van der Waals surface area contributed by atoms with E-state index < -0.39 is 0 Å². The van der Waals surface area contributed by atoms with Crippen molar-refractivity contribution in [2.45, 2.75) is 53.5 Å². The van der Waals surface area contributed by atoms with E-state index in [1.54, 1.807) is 4.57 Å². The van der Waals surface area contributed by atoms with Crippen molar-refractivity contribution in [2.24, 2.45) is 5.92 Å². The highest BCUT2D eigenvalue weighted by atomic mass is 16.2. The summed E-state index contributed by atoms with van der Waals surface area (Å²) in [5.41, 5.74) is 4.78. The zero-order chi connectivity index (χ0) is 22.9. The highest BCUT2D eigenvalue weighted by molar-refractivity contribution is 6.36. The Morgan fingerprint density at radius 1 is 1.16 bits per heavy atom. The largest absolute Gasteiger partial charge is 0.343 e. The summed E-state index contributed by atoms with van der Waals surface area (Å²) in [5.74, 6) is 0.0429. The predicted octanol–water partition coefficient (Wildman–Crippen LogP) is 3.25. The molecule has 2 radical (unpaired) electrons. The summed E-state index contributed by atoms with van der Waals surface area (Å²) in [7, 11) is 8.55. The number of carbonyl (C=O) groups is 2. The summed E-state index contributed by atoms with van der Waals surface area (Å²) in [6, 6.07) is 6.23. The van der Waals surface area contributed by atoms with Gasteiger partial charge in [0.25, 0.3) is 0 Å². The number of aromatic nitrogens is 1. The summed E-state index contributed by atoms with van der Waals surface area (Å²) in [4.78, 5) is 29.8. The van der Waals surface area contributed by atoms with Crippen molar-refractivity contribution in [1.82, 2.24) is 14.4 Å². The van der Waals surface area contributed by atoms with Crippen molar-refractivity contribution in [1.29, 1.82) is 0 Å². The van der Waals surface area contributed by atoms with Gasteiger partial charge in [-0.2, -0.15) is 0 Å². The Labute approximate surface area is 187 Å². The first-order valence-corrected chi connectivity index (χ1v) is 11.6. The van der Waals surface area contributed by atoms with Gasteiger partial charge in [-0.15, -0.1) is 0 Å². The van der Waals surface area contributed by atoms with Gasteiger partial charge in [-0.3, -0.25) is 19.1 Å². The molecule has 2 aliphatic rings. The fraction of sp³-hybridized carbons (Fsp3) is 0.520. The van der Waals surface area contributed by atoms with Gasteiger partial charge in [0.05, 0.1) is 11.4 Å². The average Bonchev–Trinajstić information content (AvgIpc) is 3.08. The fourth-order valence-corrected chi connectivity index (χ4v) is 5.01. The van der Waals surface area contributed by atoms with E-state index >= 15 is 0 Å². The Kier molecular flexibility index (Phi) is 7.10. The molecule has 4 rings (SSSR count). The van der Waals surface area contributed by atoms with E-state index in [9.17, 15) is 9.59 Å². The number of carbonyl (C=O) groups excluding carboxylic acids is 2. The second-order valence-corrected chi connectivity index (χ2v) is 8.04. The Bertz CT molecular complexity index is 1020. The number of nitrogens with zero attached hydrogens (tertiary/aromatic N) is 3. The third-order valence-corrected chi connectivity index (χ3v) is 6.54. The Hall–Kier alpha value is -2.34. The molecule has 1 aliphatic carbocycles. The van der Waals surface area contributed by atoms with Gasteiger partial charge in [0.15, 0.2) is 0 Å². The van der Waals surface area contributed by atoms with Crippen LogP contribution in [0.25, 0.3) is 16.5 Å². The van der Waals surface area contributed by atoms with Crippen molar-refractivity contribution >= 4 is 41.7 Å². The second-order valence-electron chi connectivity index (χ2n) is 8.04. The van der Waals surface area contributed by atoms with E-state index in [-0.39, 0.29) is 23.8 Å². The van der Waals surface area contributed by atoms with Crippen LogP contribution in [0, 0.1) is 5.92 Å². The van der Waals surface area contributed by atoms with E-state index in [2.05, 4.69) is 24.1 Å². The average molecular weight is 419 g/mol. The zero-order valence-corrected chi connectivity index (χ0v) is 19.7.